The molecule has 2 rings (SSSR count). The highest BCUT2D eigenvalue weighted by molar-refractivity contribution is 5.94. The first kappa shape index (κ1) is 21.0. The van der Waals surface area contributed by atoms with Crippen LogP contribution in [0.5, 0.6) is 0 Å². The first-order chi connectivity index (χ1) is 13.3. The van der Waals surface area contributed by atoms with E-state index in [1.807, 2.05) is 0 Å². The van der Waals surface area contributed by atoms with Crippen molar-refractivity contribution in [2.24, 2.45) is 0 Å². The van der Waals surface area contributed by atoms with Crippen molar-refractivity contribution in [3.8, 4) is 0 Å². The van der Waals surface area contributed by atoms with E-state index in [2.05, 4.69) is 10.6 Å². The molecule has 0 radical (unpaired) electrons. The molecule has 0 aliphatic heterocycles. The number of nitrogens with one attached hydrogen (secondary N) is 2. The molecule has 2 N–H and O–H groups in total. The minimum Gasteiger partial charge on any atom is -0.463 e. The Kier molecular flexibility index (Phi) is 7.20. The predicted octanol–water partition coefficient (Wildman–Crippen LogP) is 4.33. The summed E-state index contributed by atoms with van der Waals surface area (Å²) in [4.78, 5) is 23.2. The summed E-state index contributed by atoms with van der Waals surface area (Å²) in [5.41, 5.74) is 0.164. The number of halogens is 3. The summed E-state index contributed by atoms with van der Waals surface area (Å²) < 4.78 is 43.6. The van der Waals surface area contributed by atoms with Crippen LogP contribution in [0.1, 0.15) is 18.1 Å². The van der Waals surface area contributed by atoms with Crippen LogP contribution in [-0.2, 0) is 20.5 Å². The Labute approximate surface area is 160 Å². The van der Waals surface area contributed by atoms with Gasteiger partial charge in [0.1, 0.15) is 0 Å². The zero-order valence-electron chi connectivity index (χ0n) is 15.0. The van der Waals surface area contributed by atoms with Crippen molar-refractivity contribution >= 4 is 29.3 Å². The molecule has 5 nitrogen and oxygen atoms in total. The Morgan fingerprint density at radius 1 is 1.07 bits per heavy atom. The van der Waals surface area contributed by atoms with Gasteiger partial charge >= 0.3 is 12.1 Å². The normalized spacial score (nSPS) is 11.3. The van der Waals surface area contributed by atoms with Crippen molar-refractivity contribution in [2.45, 2.75) is 13.1 Å². The van der Waals surface area contributed by atoms with E-state index in [0.717, 1.165) is 11.6 Å². The van der Waals surface area contributed by atoms with Crippen LogP contribution >= 0.6 is 0 Å². The number of esters is 1. The first-order valence-corrected chi connectivity index (χ1v) is 8.44. The first-order valence-electron chi connectivity index (χ1n) is 8.44. The molecule has 0 fully saturated rings. The molecule has 0 unspecified atom stereocenters. The van der Waals surface area contributed by atoms with Crippen LogP contribution < -0.4 is 10.6 Å². The molecule has 0 spiro atoms. The van der Waals surface area contributed by atoms with E-state index in [1.54, 1.807) is 37.3 Å². The molecule has 1 amide bonds. The van der Waals surface area contributed by atoms with Crippen LogP contribution in [0.25, 0.3) is 6.08 Å². The van der Waals surface area contributed by atoms with Gasteiger partial charge in [-0.25, -0.2) is 4.79 Å². The second-order valence-corrected chi connectivity index (χ2v) is 5.65. The van der Waals surface area contributed by atoms with Gasteiger partial charge in [-0.05, 0) is 42.8 Å². The van der Waals surface area contributed by atoms with Gasteiger partial charge in [0.25, 0.3) is 0 Å². The van der Waals surface area contributed by atoms with Crippen LogP contribution in [0, 0.1) is 0 Å². The lowest BCUT2D eigenvalue weighted by Crippen LogP contribution is -2.23. The van der Waals surface area contributed by atoms with Gasteiger partial charge in [0.05, 0.1) is 24.4 Å². The Hall–Kier alpha value is -3.29. The summed E-state index contributed by atoms with van der Waals surface area (Å²) in [5.74, 6) is -1.05. The summed E-state index contributed by atoms with van der Waals surface area (Å²) >= 11 is 0. The molecule has 2 aromatic carbocycles. The smallest absolute Gasteiger partial charge is 0.418 e. The molecule has 148 valence electrons. The zero-order chi connectivity index (χ0) is 20.6. The average Bonchev–Trinajstić information content (AvgIpc) is 2.65. The fourth-order valence-electron chi connectivity index (χ4n) is 2.28. The molecule has 0 heterocycles. The van der Waals surface area contributed by atoms with E-state index < -0.39 is 23.6 Å². The van der Waals surface area contributed by atoms with E-state index in [0.29, 0.717) is 12.3 Å². The Morgan fingerprint density at radius 3 is 2.39 bits per heavy atom. The molecule has 0 bridgehead atoms. The van der Waals surface area contributed by atoms with Gasteiger partial charge in [-0.3, -0.25) is 4.79 Å². The highest BCUT2D eigenvalue weighted by Crippen LogP contribution is 2.34. The maximum absolute atomic E-state index is 12.9. The van der Waals surface area contributed by atoms with Crippen molar-refractivity contribution in [3.05, 3.63) is 65.7 Å². The van der Waals surface area contributed by atoms with Crippen LogP contribution in [0.4, 0.5) is 24.5 Å². The zero-order valence-corrected chi connectivity index (χ0v) is 15.0. The number of benzene rings is 2. The van der Waals surface area contributed by atoms with Crippen LogP contribution in [0.2, 0.25) is 0 Å². The summed E-state index contributed by atoms with van der Waals surface area (Å²) in [6, 6.07) is 11.6. The molecule has 0 aliphatic rings. The monoisotopic (exact) mass is 392 g/mol. The second kappa shape index (κ2) is 9.59. The van der Waals surface area contributed by atoms with Crippen molar-refractivity contribution in [3.63, 3.8) is 0 Å². The number of alkyl halides is 3. The van der Waals surface area contributed by atoms with Crippen molar-refractivity contribution in [2.75, 3.05) is 23.8 Å². The number of para-hydroxylation sites is 1. The fourth-order valence-corrected chi connectivity index (χ4v) is 2.28. The largest absolute Gasteiger partial charge is 0.463 e. The molecule has 0 aliphatic carbocycles. The third kappa shape index (κ3) is 6.46. The number of carbonyl (C=O) groups is 2. The third-order valence-corrected chi connectivity index (χ3v) is 3.57. The molecule has 0 aromatic heterocycles. The standard InChI is InChI=1S/C20H19F3N2O3/c1-2-28-19(27)12-9-14-7-10-15(11-8-14)24-13-18(26)25-17-6-4-3-5-16(17)20(21,22)23/h3-12,24H,2,13H2,1H3,(H,25,26)/b12-9+. The van der Waals surface area contributed by atoms with E-state index in [9.17, 15) is 22.8 Å². The molecule has 8 heteroatoms. The number of amides is 1. The van der Waals surface area contributed by atoms with Gasteiger partial charge in [0, 0.05) is 11.8 Å². The van der Waals surface area contributed by atoms with Crippen molar-refractivity contribution < 1.29 is 27.5 Å². The summed E-state index contributed by atoms with van der Waals surface area (Å²) in [5, 5.41) is 5.09. The quantitative estimate of drug-likeness (QED) is 0.544. The lowest BCUT2D eigenvalue weighted by atomic mass is 10.1. The number of anilines is 2. The minimum atomic E-state index is -4.55. The van der Waals surface area contributed by atoms with Crippen LogP contribution in [0.3, 0.4) is 0 Å². The van der Waals surface area contributed by atoms with Gasteiger partial charge < -0.3 is 15.4 Å². The maximum atomic E-state index is 12.9. The second-order valence-electron chi connectivity index (χ2n) is 5.65. The van der Waals surface area contributed by atoms with Gasteiger partial charge in [-0.2, -0.15) is 13.2 Å². The predicted molar refractivity (Wildman–Crippen MR) is 101 cm³/mol. The van der Waals surface area contributed by atoms with Gasteiger partial charge in [0.15, 0.2) is 0 Å². The van der Waals surface area contributed by atoms with Crippen LogP contribution in [0.15, 0.2) is 54.6 Å². The number of ether oxygens (including phenoxy) is 1. The topological polar surface area (TPSA) is 67.4 Å². The van der Waals surface area contributed by atoms with E-state index in [4.69, 9.17) is 4.74 Å². The SMILES string of the molecule is CCOC(=O)/C=C/c1ccc(NCC(=O)Nc2ccccc2C(F)(F)F)cc1. The fraction of sp³-hybridized carbons (Fsp3) is 0.200. The Bertz CT molecular complexity index is 847. The third-order valence-electron chi connectivity index (χ3n) is 3.57. The highest BCUT2D eigenvalue weighted by atomic mass is 19.4. The number of hydrogen-bond donors (Lipinski definition) is 2. The summed E-state index contributed by atoms with van der Waals surface area (Å²) in [7, 11) is 0. The van der Waals surface area contributed by atoms with Gasteiger partial charge in [-0.1, -0.05) is 24.3 Å². The lowest BCUT2D eigenvalue weighted by molar-refractivity contribution is -0.138. The summed E-state index contributed by atoms with van der Waals surface area (Å²) in [6.07, 6.45) is -1.66. The van der Waals surface area contributed by atoms with Crippen molar-refractivity contribution in [1.29, 1.82) is 0 Å². The molecule has 28 heavy (non-hydrogen) atoms. The average molecular weight is 392 g/mol. The van der Waals surface area contributed by atoms with Crippen LogP contribution in [-0.4, -0.2) is 25.0 Å². The Balaban J connectivity index is 1.91. The van der Waals surface area contributed by atoms with E-state index in [-0.39, 0.29) is 12.2 Å². The number of carbonyl (C=O) groups excluding carboxylic acids is 2. The molecular formula is C20H19F3N2O3. The molecule has 0 atom stereocenters. The van der Waals surface area contributed by atoms with Crippen molar-refractivity contribution in [1.82, 2.24) is 0 Å². The van der Waals surface area contributed by atoms with Gasteiger partial charge in [-0.15, -0.1) is 0 Å². The van der Waals surface area contributed by atoms with Gasteiger partial charge in [0.2, 0.25) is 5.91 Å². The van der Waals surface area contributed by atoms with E-state index >= 15 is 0 Å². The molecule has 2 aromatic rings. The number of rotatable bonds is 7. The Morgan fingerprint density at radius 2 is 1.75 bits per heavy atom. The molecular weight excluding hydrogens is 373 g/mol. The highest BCUT2D eigenvalue weighted by Gasteiger charge is 2.33. The summed E-state index contributed by atoms with van der Waals surface area (Å²) in [6.45, 7) is 1.80. The minimum absolute atomic E-state index is 0.204. The van der Waals surface area contributed by atoms with E-state index in [1.165, 1.54) is 24.3 Å². The molecule has 0 saturated heterocycles. The maximum Gasteiger partial charge on any atom is 0.418 e. The lowest BCUT2D eigenvalue weighted by Gasteiger charge is -2.14. The number of hydrogen-bond acceptors (Lipinski definition) is 4. The molecule has 0 saturated carbocycles.